The molecule has 0 aliphatic carbocycles. The van der Waals surface area contributed by atoms with E-state index in [1.165, 1.54) is 18.2 Å². The molecule has 1 aliphatic rings. The van der Waals surface area contributed by atoms with E-state index in [9.17, 15) is 14.0 Å². The van der Waals surface area contributed by atoms with Gasteiger partial charge in [-0.3, -0.25) is 20.2 Å². The molecule has 1 heterocycles. The first-order valence-electron chi connectivity index (χ1n) is 8.45. The Morgan fingerprint density at radius 3 is 2.54 bits per heavy atom. The van der Waals surface area contributed by atoms with Crippen LogP contribution in [-0.4, -0.2) is 23.5 Å². The van der Waals surface area contributed by atoms with Gasteiger partial charge in [-0.1, -0.05) is 28.1 Å². The Morgan fingerprint density at radius 1 is 1.18 bits per heavy atom. The zero-order valence-corrected chi connectivity index (χ0v) is 17.2. The number of rotatable bonds is 5. The number of halogens is 2. The molecule has 5 nitrogen and oxygen atoms in total. The quantitative estimate of drug-likeness (QED) is 0.405. The van der Waals surface area contributed by atoms with Crippen molar-refractivity contribution in [2.45, 2.75) is 13.3 Å². The van der Waals surface area contributed by atoms with Crippen molar-refractivity contribution >= 4 is 51.2 Å². The molecule has 0 atom stereocenters. The highest BCUT2D eigenvalue weighted by Gasteiger charge is 2.26. The van der Waals surface area contributed by atoms with Crippen molar-refractivity contribution in [2.75, 3.05) is 6.61 Å². The maximum Gasteiger partial charge on any atom is 0.263 e. The van der Waals surface area contributed by atoms with Crippen LogP contribution in [0.15, 0.2) is 46.4 Å². The molecule has 0 unspecified atom stereocenters. The number of hydrogen-bond donors (Lipinski definition) is 2. The molecule has 0 spiro atoms. The molecule has 2 N–H and O–H groups in total. The number of amides is 2. The standard InChI is InChI=1S/C20H16BrFN2O3S/c1-2-27-17-10-12(8-15-18(25)23-20(28)24-19(15)26)9-16(21)14(17)7-11-4-3-5-13(22)6-11/h3-6,8-10H,2,7H2,1H3,(H2,23,24,25,26,28). The lowest BCUT2D eigenvalue weighted by Gasteiger charge is -2.17. The topological polar surface area (TPSA) is 67.4 Å². The van der Waals surface area contributed by atoms with Crippen LogP contribution in [0.3, 0.4) is 0 Å². The third-order valence-electron chi connectivity index (χ3n) is 4.00. The second kappa shape index (κ2) is 8.62. The third-order valence-corrected chi connectivity index (χ3v) is 4.91. The van der Waals surface area contributed by atoms with Gasteiger partial charge in [0.05, 0.1) is 6.61 Å². The SMILES string of the molecule is CCOc1cc(C=C2C(=O)NC(=S)NC2=O)cc(Br)c1Cc1cccc(F)c1. The van der Waals surface area contributed by atoms with Gasteiger partial charge in [0.1, 0.15) is 17.1 Å². The van der Waals surface area contributed by atoms with Gasteiger partial charge in [-0.15, -0.1) is 0 Å². The van der Waals surface area contributed by atoms with Gasteiger partial charge in [-0.25, -0.2) is 4.39 Å². The Morgan fingerprint density at radius 2 is 1.89 bits per heavy atom. The normalized spacial score (nSPS) is 13.8. The van der Waals surface area contributed by atoms with E-state index in [-0.39, 0.29) is 16.5 Å². The van der Waals surface area contributed by atoms with Crippen LogP contribution in [0.2, 0.25) is 0 Å². The van der Waals surface area contributed by atoms with E-state index in [4.69, 9.17) is 17.0 Å². The minimum atomic E-state index is -0.563. The molecule has 28 heavy (non-hydrogen) atoms. The van der Waals surface area contributed by atoms with Gasteiger partial charge in [0, 0.05) is 16.5 Å². The van der Waals surface area contributed by atoms with Crippen LogP contribution in [0.5, 0.6) is 5.75 Å². The first kappa shape index (κ1) is 20.2. The molecule has 0 radical (unpaired) electrons. The van der Waals surface area contributed by atoms with Gasteiger partial charge in [-0.2, -0.15) is 0 Å². The average Bonchev–Trinajstić information content (AvgIpc) is 2.61. The highest BCUT2D eigenvalue weighted by atomic mass is 79.9. The number of carbonyl (C=O) groups excluding carboxylic acids is 2. The Kier molecular flexibility index (Phi) is 6.21. The fourth-order valence-corrected chi connectivity index (χ4v) is 3.58. The summed E-state index contributed by atoms with van der Waals surface area (Å²) in [5, 5.41) is 4.78. The van der Waals surface area contributed by atoms with Gasteiger partial charge in [0.15, 0.2) is 5.11 Å². The molecular weight excluding hydrogens is 447 g/mol. The largest absolute Gasteiger partial charge is 0.494 e. The Bertz CT molecular complexity index is 985. The number of nitrogens with one attached hydrogen (secondary N) is 2. The van der Waals surface area contributed by atoms with Crippen LogP contribution in [0, 0.1) is 5.82 Å². The third kappa shape index (κ3) is 4.63. The summed E-state index contributed by atoms with van der Waals surface area (Å²) in [6.07, 6.45) is 1.92. The zero-order valence-electron chi connectivity index (χ0n) is 14.8. The maximum absolute atomic E-state index is 13.5. The molecule has 1 saturated heterocycles. The highest BCUT2D eigenvalue weighted by Crippen LogP contribution is 2.32. The van der Waals surface area contributed by atoms with Crippen LogP contribution in [0.25, 0.3) is 6.08 Å². The predicted octanol–water partition coefficient (Wildman–Crippen LogP) is 3.49. The van der Waals surface area contributed by atoms with Crippen molar-refractivity contribution in [1.82, 2.24) is 10.6 Å². The van der Waals surface area contributed by atoms with Crippen LogP contribution in [0.1, 0.15) is 23.6 Å². The molecule has 0 saturated carbocycles. The van der Waals surface area contributed by atoms with Gasteiger partial charge in [0.2, 0.25) is 0 Å². The molecule has 2 aromatic carbocycles. The summed E-state index contributed by atoms with van der Waals surface area (Å²) in [6.45, 7) is 2.28. The van der Waals surface area contributed by atoms with Crippen molar-refractivity contribution in [3.05, 3.63) is 69.0 Å². The van der Waals surface area contributed by atoms with Crippen LogP contribution < -0.4 is 15.4 Å². The summed E-state index contributed by atoms with van der Waals surface area (Å²) in [5.41, 5.74) is 2.19. The van der Waals surface area contributed by atoms with E-state index in [1.54, 1.807) is 18.2 Å². The Balaban J connectivity index is 1.99. The average molecular weight is 463 g/mol. The lowest BCUT2D eigenvalue weighted by molar-refractivity contribution is -0.123. The number of hydrogen-bond acceptors (Lipinski definition) is 4. The minimum absolute atomic E-state index is 0.0197. The van der Waals surface area contributed by atoms with Gasteiger partial charge in [-0.05, 0) is 60.6 Å². The fraction of sp³-hybridized carbons (Fsp3) is 0.150. The van der Waals surface area contributed by atoms with E-state index in [2.05, 4.69) is 26.6 Å². The van der Waals surface area contributed by atoms with Gasteiger partial charge >= 0.3 is 0 Å². The monoisotopic (exact) mass is 462 g/mol. The first-order valence-corrected chi connectivity index (χ1v) is 9.65. The van der Waals surface area contributed by atoms with E-state index < -0.39 is 11.8 Å². The molecule has 0 bridgehead atoms. The van der Waals surface area contributed by atoms with Crippen molar-refractivity contribution < 1.29 is 18.7 Å². The van der Waals surface area contributed by atoms with E-state index in [1.807, 2.05) is 13.0 Å². The lowest BCUT2D eigenvalue weighted by Crippen LogP contribution is -2.51. The van der Waals surface area contributed by atoms with Crippen LogP contribution in [-0.2, 0) is 16.0 Å². The molecule has 0 aromatic heterocycles. The van der Waals surface area contributed by atoms with Crippen LogP contribution in [0.4, 0.5) is 4.39 Å². The van der Waals surface area contributed by atoms with E-state index >= 15 is 0 Å². The molecule has 3 rings (SSSR count). The molecular formula is C20H16BrFN2O3S. The number of thiocarbonyl (C=S) groups is 1. The van der Waals surface area contributed by atoms with E-state index in [0.717, 1.165) is 15.6 Å². The van der Waals surface area contributed by atoms with Gasteiger partial charge in [0.25, 0.3) is 11.8 Å². The summed E-state index contributed by atoms with van der Waals surface area (Å²) < 4.78 is 20.0. The second-order valence-electron chi connectivity index (χ2n) is 6.01. The zero-order chi connectivity index (χ0) is 20.3. The number of carbonyl (C=O) groups is 2. The second-order valence-corrected chi connectivity index (χ2v) is 7.28. The highest BCUT2D eigenvalue weighted by molar-refractivity contribution is 9.10. The Hall–Kier alpha value is -2.58. The van der Waals surface area contributed by atoms with Crippen LogP contribution >= 0.6 is 28.1 Å². The summed E-state index contributed by atoms with van der Waals surface area (Å²) in [5.74, 6) is -0.848. The molecule has 8 heteroatoms. The summed E-state index contributed by atoms with van der Waals surface area (Å²) in [4.78, 5) is 24.1. The van der Waals surface area contributed by atoms with Crippen molar-refractivity contribution in [3.8, 4) is 5.75 Å². The molecule has 2 aromatic rings. The predicted molar refractivity (Wildman–Crippen MR) is 111 cm³/mol. The molecule has 2 amide bonds. The molecule has 1 aliphatic heterocycles. The lowest BCUT2D eigenvalue weighted by atomic mass is 10.0. The fourth-order valence-electron chi connectivity index (χ4n) is 2.79. The molecule has 144 valence electrons. The minimum Gasteiger partial charge on any atom is -0.494 e. The van der Waals surface area contributed by atoms with Crippen molar-refractivity contribution in [3.63, 3.8) is 0 Å². The van der Waals surface area contributed by atoms with E-state index in [0.29, 0.717) is 24.3 Å². The van der Waals surface area contributed by atoms with Crippen molar-refractivity contribution in [1.29, 1.82) is 0 Å². The summed E-state index contributed by atoms with van der Waals surface area (Å²) >= 11 is 8.32. The summed E-state index contributed by atoms with van der Waals surface area (Å²) in [7, 11) is 0. The van der Waals surface area contributed by atoms with Crippen molar-refractivity contribution in [2.24, 2.45) is 0 Å². The Labute approximate surface area is 175 Å². The molecule has 1 fully saturated rings. The van der Waals surface area contributed by atoms with Gasteiger partial charge < -0.3 is 4.74 Å². The maximum atomic E-state index is 13.5. The smallest absolute Gasteiger partial charge is 0.263 e. The number of benzene rings is 2. The first-order chi connectivity index (χ1) is 13.4. The summed E-state index contributed by atoms with van der Waals surface area (Å²) in [6, 6.07) is 9.87. The number of ether oxygens (including phenoxy) is 1.